The van der Waals surface area contributed by atoms with Gasteiger partial charge in [0.2, 0.25) is 5.60 Å². The standard InChI is InChI=1S/C33H31NO10S2/c1-23-9-14-27(15-10-23)45(37,38)42-21-33(22-43-46(39,40)28-16-11-24(2)12-17-28)32(36)34(20-25-7-5-4-6-8-25)29-19-26(31(35)41-3)13-18-30(29)44-33/h4-19H,20-22H2,1-3H3. The molecular formula is C33H31NO10S2. The number of amides is 1. The average molecular weight is 666 g/mol. The highest BCUT2D eigenvalue weighted by atomic mass is 32.2. The van der Waals surface area contributed by atoms with Crippen LogP contribution < -0.4 is 9.64 Å². The smallest absolute Gasteiger partial charge is 0.337 e. The number of anilines is 1. The summed E-state index contributed by atoms with van der Waals surface area (Å²) < 4.78 is 74.8. The Labute approximate surface area is 267 Å². The molecule has 0 saturated heterocycles. The number of methoxy groups -OCH3 is 1. The van der Waals surface area contributed by atoms with E-state index in [4.69, 9.17) is 17.8 Å². The van der Waals surface area contributed by atoms with Gasteiger partial charge in [0.1, 0.15) is 19.0 Å². The summed E-state index contributed by atoms with van der Waals surface area (Å²) in [6.45, 7) is 1.66. The number of nitrogens with zero attached hydrogens (tertiary/aromatic N) is 1. The second kappa shape index (κ2) is 13.0. The predicted octanol–water partition coefficient (Wildman–Crippen LogP) is 4.57. The summed E-state index contributed by atoms with van der Waals surface area (Å²) in [5.74, 6) is -1.47. The van der Waals surface area contributed by atoms with E-state index in [0.717, 1.165) is 11.1 Å². The molecule has 4 aromatic rings. The lowest BCUT2D eigenvalue weighted by atomic mass is 9.99. The first-order chi connectivity index (χ1) is 21.8. The van der Waals surface area contributed by atoms with Crippen molar-refractivity contribution in [2.24, 2.45) is 0 Å². The van der Waals surface area contributed by atoms with Crippen LogP contribution in [0.3, 0.4) is 0 Å². The summed E-state index contributed by atoms with van der Waals surface area (Å²) in [6, 6.07) is 24.8. The highest BCUT2D eigenvalue weighted by Gasteiger charge is 2.51. The van der Waals surface area contributed by atoms with Crippen molar-refractivity contribution >= 4 is 37.8 Å². The largest absolute Gasteiger partial charge is 0.470 e. The molecule has 11 nitrogen and oxygen atoms in total. The van der Waals surface area contributed by atoms with E-state index in [1.54, 1.807) is 68.4 Å². The van der Waals surface area contributed by atoms with Crippen LogP contribution in [0.15, 0.2) is 107 Å². The predicted molar refractivity (Wildman–Crippen MR) is 167 cm³/mol. The Kier molecular flexibility index (Phi) is 9.31. The summed E-state index contributed by atoms with van der Waals surface area (Å²) in [4.78, 5) is 27.8. The molecule has 0 unspecified atom stereocenters. The van der Waals surface area contributed by atoms with Crippen LogP contribution in [0, 0.1) is 13.8 Å². The zero-order valence-electron chi connectivity index (χ0n) is 25.2. The van der Waals surface area contributed by atoms with Gasteiger partial charge in [0.15, 0.2) is 0 Å². The van der Waals surface area contributed by atoms with Crippen molar-refractivity contribution in [3.8, 4) is 5.75 Å². The number of rotatable bonds is 11. The monoisotopic (exact) mass is 665 g/mol. The minimum Gasteiger partial charge on any atom is -0.470 e. The van der Waals surface area contributed by atoms with E-state index in [0.29, 0.717) is 5.56 Å². The Bertz CT molecular complexity index is 1880. The number of fused-ring (bicyclic) bond motifs is 1. The van der Waals surface area contributed by atoms with Crippen LogP contribution in [0.25, 0.3) is 0 Å². The first-order valence-corrected chi connectivity index (χ1v) is 16.8. The molecule has 0 saturated carbocycles. The van der Waals surface area contributed by atoms with E-state index in [1.165, 1.54) is 54.5 Å². The quantitative estimate of drug-likeness (QED) is 0.165. The third-order valence-corrected chi connectivity index (χ3v) is 9.86. The minimum absolute atomic E-state index is 0.0438. The molecule has 1 aliphatic heterocycles. The van der Waals surface area contributed by atoms with E-state index < -0.39 is 50.9 Å². The fraction of sp³-hybridized carbons (Fsp3) is 0.212. The molecule has 1 aliphatic rings. The maximum absolute atomic E-state index is 14.5. The number of benzene rings is 4. The average Bonchev–Trinajstić information content (AvgIpc) is 3.05. The molecule has 240 valence electrons. The lowest BCUT2D eigenvalue weighted by Crippen LogP contribution is -2.61. The number of aryl methyl sites for hydroxylation is 2. The zero-order valence-corrected chi connectivity index (χ0v) is 26.8. The molecular weight excluding hydrogens is 634 g/mol. The van der Waals surface area contributed by atoms with E-state index in [-0.39, 0.29) is 33.3 Å². The van der Waals surface area contributed by atoms with E-state index in [9.17, 15) is 26.4 Å². The maximum Gasteiger partial charge on any atom is 0.337 e. The van der Waals surface area contributed by atoms with Crippen molar-refractivity contribution in [1.29, 1.82) is 0 Å². The summed E-state index contributed by atoms with van der Waals surface area (Å²) in [6.07, 6.45) is 0. The molecule has 0 fully saturated rings. The van der Waals surface area contributed by atoms with Gasteiger partial charge in [0.25, 0.3) is 26.1 Å². The Morgan fingerprint density at radius 1 is 0.761 bits per heavy atom. The minimum atomic E-state index is -4.44. The van der Waals surface area contributed by atoms with Crippen LogP contribution in [0.5, 0.6) is 5.75 Å². The lowest BCUT2D eigenvalue weighted by molar-refractivity contribution is -0.141. The molecule has 46 heavy (non-hydrogen) atoms. The van der Waals surface area contributed by atoms with Crippen molar-refractivity contribution < 1.29 is 44.3 Å². The lowest BCUT2D eigenvalue weighted by Gasteiger charge is -2.42. The third kappa shape index (κ3) is 6.97. The van der Waals surface area contributed by atoms with Gasteiger partial charge in [-0.2, -0.15) is 16.8 Å². The van der Waals surface area contributed by atoms with Gasteiger partial charge in [-0.05, 0) is 61.9 Å². The van der Waals surface area contributed by atoms with Crippen LogP contribution in [0.2, 0.25) is 0 Å². The van der Waals surface area contributed by atoms with Crippen LogP contribution in [0.1, 0.15) is 27.0 Å². The second-order valence-corrected chi connectivity index (χ2v) is 13.9. The normalized spacial score (nSPS) is 14.3. The molecule has 1 amide bonds. The maximum atomic E-state index is 14.5. The van der Waals surface area contributed by atoms with Crippen molar-refractivity contribution in [1.82, 2.24) is 0 Å². The number of hydrogen-bond acceptors (Lipinski definition) is 10. The van der Waals surface area contributed by atoms with Gasteiger partial charge >= 0.3 is 5.97 Å². The van der Waals surface area contributed by atoms with Crippen LogP contribution >= 0.6 is 0 Å². The molecule has 0 bridgehead atoms. The summed E-state index contributed by atoms with van der Waals surface area (Å²) in [5.41, 5.74) is 0.312. The molecule has 1 heterocycles. The second-order valence-electron chi connectivity index (χ2n) is 10.7. The van der Waals surface area contributed by atoms with Gasteiger partial charge in [-0.25, -0.2) is 4.79 Å². The molecule has 4 aromatic carbocycles. The van der Waals surface area contributed by atoms with Gasteiger partial charge in [0, 0.05) is 0 Å². The van der Waals surface area contributed by atoms with Crippen molar-refractivity contribution in [3.05, 3.63) is 119 Å². The Hall–Kier alpha value is -4.56. The van der Waals surface area contributed by atoms with Gasteiger partial charge in [-0.3, -0.25) is 13.2 Å². The Morgan fingerprint density at radius 3 is 1.78 bits per heavy atom. The molecule has 13 heteroatoms. The first-order valence-electron chi connectivity index (χ1n) is 14.0. The zero-order chi connectivity index (χ0) is 33.1. The Morgan fingerprint density at radius 2 is 1.28 bits per heavy atom. The SMILES string of the molecule is COC(=O)c1ccc2c(c1)N(Cc1ccccc1)C(=O)C(COS(=O)(=O)c1ccc(C)cc1)(COS(=O)(=O)c1ccc(C)cc1)O2. The van der Waals surface area contributed by atoms with Gasteiger partial charge in [0.05, 0.1) is 34.7 Å². The summed E-state index contributed by atoms with van der Waals surface area (Å²) in [7, 11) is -7.67. The molecule has 0 spiro atoms. The molecule has 0 aromatic heterocycles. The molecule has 0 aliphatic carbocycles. The summed E-state index contributed by atoms with van der Waals surface area (Å²) >= 11 is 0. The number of esters is 1. The molecule has 0 radical (unpaired) electrons. The van der Waals surface area contributed by atoms with Crippen LogP contribution in [-0.4, -0.2) is 54.6 Å². The summed E-state index contributed by atoms with van der Waals surface area (Å²) in [5, 5.41) is 0. The molecule has 0 atom stereocenters. The Balaban J connectivity index is 1.58. The van der Waals surface area contributed by atoms with Gasteiger partial charge < -0.3 is 14.4 Å². The highest BCUT2D eigenvalue weighted by Crippen LogP contribution is 2.41. The van der Waals surface area contributed by atoms with Crippen molar-refractivity contribution in [2.75, 3.05) is 25.2 Å². The van der Waals surface area contributed by atoms with E-state index in [1.807, 2.05) is 0 Å². The number of carbonyl (C=O) groups excluding carboxylic acids is 2. The molecule has 5 rings (SSSR count). The van der Waals surface area contributed by atoms with Gasteiger partial charge in [-0.15, -0.1) is 0 Å². The number of ether oxygens (including phenoxy) is 2. The fourth-order valence-corrected chi connectivity index (χ4v) is 6.61. The molecule has 0 N–H and O–H groups in total. The van der Waals surface area contributed by atoms with E-state index >= 15 is 0 Å². The first kappa shape index (κ1) is 32.8. The topological polar surface area (TPSA) is 143 Å². The van der Waals surface area contributed by atoms with Crippen LogP contribution in [-0.2, 0) is 44.7 Å². The fourth-order valence-electron chi connectivity index (χ4n) is 4.71. The van der Waals surface area contributed by atoms with Gasteiger partial charge in [-0.1, -0.05) is 65.7 Å². The van der Waals surface area contributed by atoms with Crippen molar-refractivity contribution in [2.45, 2.75) is 35.8 Å². The number of carbonyl (C=O) groups is 2. The van der Waals surface area contributed by atoms with E-state index in [2.05, 4.69) is 0 Å². The number of hydrogen-bond donors (Lipinski definition) is 0. The van der Waals surface area contributed by atoms with Crippen molar-refractivity contribution in [3.63, 3.8) is 0 Å². The third-order valence-electron chi connectivity index (χ3n) is 7.31. The van der Waals surface area contributed by atoms with Crippen LogP contribution in [0.4, 0.5) is 5.69 Å². The highest BCUT2D eigenvalue weighted by molar-refractivity contribution is 7.87.